The van der Waals surface area contributed by atoms with E-state index in [4.69, 9.17) is 0 Å². The first kappa shape index (κ1) is 25.8. The van der Waals surface area contributed by atoms with Crippen LogP contribution in [0, 0.1) is 11.8 Å². The number of nitrogens with one attached hydrogen (secondary N) is 2. The summed E-state index contributed by atoms with van der Waals surface area (Å²) in [4.78, 5) is 4.38. The molecule has 0 aliphatic heterocycles. The Morgan fingerprint density at radius 2 is 1.70 bits per heavy atom. The maximum absolute atomic E-state index is 12.7. The normalized spacial score (nSPS) is 13.3. The molecule has 3 N–H and O–H groups in total. The van der Waals surface area contributed by atoms with Gasteiger partial charge in [-0.1, -0.05) is 48.2 Å². The summed E-state index contributed by atoms with van der Waals surface area (Å²) in [6.45, 7) is 4.52. The molecule has 0 aliphatic rings. The fraction of sp³-hybridized carbons (Fsp3) is 0.318. The van der Waals surface area contributed by atoms with E-state index in [1.165, 1.54) is 12.1 Å². The van der Waals surface area contributed by atoms with Crippen molar-refractivity contribution in [1.82, 2.24) is 10.6 Å². The Morgan fingerprint density at radius 1 is 1.03 bits per heavy atom. The summed E-state index contributed by atoms with van der Waals surface area (Å²) in [5, 5.41) is 16.7. The van der Waals surface area contributed by atoms with Crippen molar-refractivity contribution in [3.05, 3.63) is 71.3 Å². The Labute approximate surface area is 192 Å². The van der Waals surface area contributed by atoms with Crippen LogP contribution in [0.15, 0.2) is 59.6 Å². The highest BCUT2D eigenvalue weighted by atomic mass is 127. The molecule has 0 bridgehead atoms. The predicted molar refractivity (Wildman–Crippen MR) is 124 cm³/mol. The van der Waals surface area contributed by atoms with E-state index in [0.29, 0.717) is 12.5 Å². The molecule has 0 aliphatic carbocycles. The molecule has 8 heteroatoms. The lowest BCUT2D eigenvalue weighted by Crippen LogP contribution is -2.39. The van der Waals surface area contributed by atoms with Crippen LogP contribution in [0.4, 0.5) is 13.2 Å². The van der Waals surface area contributed by atoms with E-state index in [1.807, 2.05) is 37.3 Å². The van der Waals surface area contributed by atoms with Crippen molar-refractivity contribution in [3.8, 4) is 11.8 Å². The maximum atomic E-state index is 12.7. The van der Waals surface area contributed by atoms with E-state index in [2.05, 4.69) is 27.5 Å². The van der Waals surface area contributed by atoms with Crippen LogP contribution in [0.3, 0.4) is 0 Å². The lowest BCUT2D eigenvalue weighted by Gasteiger charge is -2.22. The minimum atomic E-state index is -4.39. The van der Waals surface area contributed by atoms with Gasteiger partial charge in [-0.15, -0.1) is 24.0 Å². The van der Waals surface area contributed by atoms with Crippen LogP contribution in [0.1, 0.15) is 30.5 Å². The Hall–Kier alpha value is -2.25. The topological polar surface area (TPSA) is 56.7 Å². The number of aliphatic hydroxyl groups is 1. The summed E-state index contributed by atoms with van der Waals surface area (Å²) in [6, 6.07) is 14.1. The molecule has 2 aromatic carbocycles. The van der Waals surface area contributed by atoms with Crippen molar-refractivity contribution < 1.29 is 18.3 Å². The third kappa shape index (κ3) is 8.24. The van der Waals surface area contributed by atoms with Crippen molar-refractivity contribution in [2.75, 3.05) is 19.6 Å². The first-order chi connectivity index (χ1) is 13.7. The van der Waals surface area contributed by atoms with Crippen molar-refractivity contribution in [1.29, 1.82) is 0 Å². The van der Waals surface area contributed by atoms with Crippen LogP contribution in [-0.4, -0.2) is 30.7 Å². The van der Waals surface area contributed by atoms with Crippen LogP contribution in [-0.2, 0) is 11.8 Å². The SMILES string of the molecule is CCNC(=NCC(C)(O)c1ccccc1)NCC#Cc1cccc(C(F)(F)F)c1.I. The van der Waals surface area contributed by atoms with Gasteiger partial charge >= 0.3 is 6.18 Å². The molecule has 0 fully saturated rings. The summed E-state index contributed by atoms with van der Waals surface area (Å²) in [5.41, 5.74) is -0.817. The largest absolute Gasteiger partial charge is 0.416 e. The maximum Gasteiger partial charge on any atom is 0.416 e. The van der Waals surface area contributed by atoms with Gasteiger partial charge in [0.2, 0.25) is 0 Å². The highest BCUT2D eigenvalue weighted by Gasteiger charge is 2.30. The summed E-state index contributed by atoms with van der Waals surface area (Å²) in [7, 11) is 0. The van der Waals surface area contributed by atoms with E-state index in [9.17, 15) is 18.3 Å². The summed E-state index contributed by atoms with van der Waals surface area (Å²) < 4.78 is 38.2. The lowest BCUT2D eigenvalue weighted by molar-refractivity contribution is -0.137. The van der Waals surface area contributed by atoms with E-state index < -0.39 is 17.3 Å². The average molecular weight is 531 g/mol. The van der Waals surface area contributed by atoms with Gasteiger partial charge in [0, 0.05) is 12.1 Å². The smallest absolute Gasteiger partial charge is 0.384 e. The molecule has 1 atom stereocenters. The fourth-order valence-corrected chi connectivity index (χ4v) is 2.51. The second-order valence-corrected chi connectivity index (χ2v) is 6.57. The molecule has 2 aromatic rings. The van der Waals surface area contributed by atoms with Gasteiger partial charge in [-0.05, 0) is 37.6 Å². The van der Waals surface area contributed by atoms with E-state index >= 15 is 0 Å². The van der Waals surface area contributed by atoms with Gasteiger partial charge in [0.25, 0.3) is 0 Å². The number of alkyl halides is 3. The van der Waals surface area contributed by atoms with E-state index in [-0.39, 0.29) is 42.6 Å². The lowest BCUT2D eigenvalue weighted by atomic mass is 9.96. The number of halogens is 4. The Morgan fingerprint density at radius 3 is 2.33 bits per heavy atom. The molecule has 0 amide bonds. The summed E-state index contributed by atoms with van der Waals surface area (Å²) in [6.07, 6.45) is -4.39. The minimum absolute atomic E-state index is 0. The molecule has 4 nitrogen and oxygen atoms in total. The molecular weight excluding hydrogens is 506 g/mol. The first-order valence-electron chi connectivity index (χ1n) is 9.18. The zero-order valence-electron chi connectivity index (χ0n) is 16.8. The van der Waals surface area contributed by atoms with Gasteiger partial charge in [-0.2, -0.15) is 13.2 Å². The second-order valence-electron chi connectivity index (χ2n) is 6.57. The Bertz CT molecular complexity index is 888. The molecule has 0 heterocycles. The number of hydrogen-bond donors (Lipinski definition) is 3. The van der Waals surface area contributed by atoms with Crippen molar-refractivity contribution in [3.63, 3.8) is 0 Å². The van der Waals surface area contributed by atoms with Gasteiger partial charge in [0.05, 0.1) is 18.7 Å². The van der Waals surface area contributed by atoms with Gasteiger partial charge in [0.15, 0.2) is 5.96 Å². The number of hydrogen-bond acceptors (Lipinski definition) is 2. The average Bonchev–Trinajstić information content (AvgIpc) is 2.69. The molecule has 30 heavy (non-hydrogen) atoms. The van der Waals surface area contributed by atoms with Crippen molar-refractivity contribution in [2.45, 2.75) is 25.6 Å². The second kappa shape index (κ2) is 11.8. The zero-order valence-corrected chi connectivity index (χ0v) is 19.1. The minimum Gasteiger partial charge on any atom is -0.384 e. The highest BCUT2D eigenvalue weighted by Crippen LogP contribution is 2.29. The molecule has 0 spiro atoms. The highest BCUT2D eigenvalue weighted by molar-refractivity contribution is 14.0. The Kier molecular flexibility index (Phi) is 10.2. The predicted octanol–water partition coefficient (Wildman–Crippen LogP) is 4.14. The molecule has 0 saturated carbocycles. The molecule has 1 unspecified atom stereocenters. The molecule has 2 rings (SSSR count). The van der Waals surface area contributed by atoms with Crippen LogP contribution < -0.4 is 10.6 Å². The van der Waals surface area contributed by atoms with Gasteiger partial charge in [0.1, 0.15) is 5.60 Å². The third-order valence-corrected chi connectivity index (χ3v) is 4.05. The molecule has 0 radical (unpaired) electrons. The summed E-state index contributed by atoms with van der Waals surface area (Å²) >= 11 is 0. The standard InChI is InChI=1S/C22H24F3N3O.HI/c1-3-26-20(28-16-21(2,29)18-11-5-4-6-12-18)27-14-8-10-17-9-7-13-19(15-17)22(23,24)25;/h4-7,9,11-13,15,29H,3,14,16H2,1-2H3,(H2,26,27,28);1H. The Balaban J connectivity index is 0.00000450. The van der Waals surface area contributed by atoms with E-state index in [1.54, 1.807) is 6.92 Å². The van der Waals surface area contributed by atoms with Crippen LogP contribution >= 0.6 is 24.0 Å². The van der Waals surface area contributed by atoms with Crippen molar-refractivity contribution in [2.24, 2.45) is 4.99 Å². The quantitative estimate of drug-likeness (QED) is 0.236. The van der Waals surface area contributed by atoms with Gasteiger partial charge < -0.3 is 15.7 Å². The van der Waals surface area contributed by atoms with Crippen LogP contribution in [0.5, 0.6) is 0 Å². The number of rotatable bonds is 5. The van der Waals surface area contributed by atoms with Crippen molar-refractivity contribution >= 4 is 29.9 Å². The zero-order chi connectivity index (χ0) is 21.3. The van der Waals surface area contributed by atoms with Gasteiger partial charge in [-0.3, -0.25) is 0 Å². The number of guanidine groups is 1. The number of benzene rings is 2. The monoisotopic (exact) mass is 531 g/mol. The first-order valence-corrected chi connectivity index (χ1v) is 9.18. The molecule has 0 saturated heterocycles. The number of nitrogens with zero attached hydrogens (tertiary/aromatic N) is 1. The van der Waals surface area contributed by atoms with E-state index in [0.717, 1.165) is 17.7 Å². The van der Waals surface area contributed by atoms with Gasteiger partial charge in [-0.25, -0.2) is 4.99 Å². The fourth-order valence-electron chi connectivity index (χ4n) is 2.51. The third-order valence-electron chi connectivity index (χ3n) is 4.05. The molecule has 0 aromatic heterocycles. The number of aliphatic imine (C=N–C) groups is 1. The summed E-state index contributed by atoms with van der Waals surface area (Å²) in [5.74, 6) is 5.95. The van der Waals surface area contributed by atoms with Crippen LogP contribution in [0.25, 0.3) is 0 Å². The molecular formula is C22H25F3IN3O. The van der Waals surface area contributed by atoms with Crippen LogP contribution in [0.2, 0.25) is 0 Å². The molecule has 162 valence electrons.